The fraction of sp³-hybridized carbons (Fsp3) is 0.421. The molecule has 0 atom stereocenters. The van der Waals surface area contributed by atoms with Gasteiger partial charge in [0.1, 0.15) is 18.0 Å². The molecule has 7 nitrogen and oxygen atoms in total. The second kappa shape index (κ2) is 8.03. The molecule has 2 amide bonds. The number of nitrogens with one attached hydrogen (secondary N) is 2. The summed E-state index contributed by atoms with van der Waals surface area (Å²) >= 11 is 0. The molecule has 0 radical (unpaired) electrons. The third kappa shape index (κ3) is 4.62. The number of nitrogens with zero attached hydrogens (tertiary/aromatic N) is 4. The predicted molar refractivity (Wildman–Crippen MR) is 105 cm³/mol. The van der Waals surface area contributed by atoms with Crippen LogP contribution in [0.4, 0.5) is 22.1 Å². The van der Waals surface area contributed by atoms with Crippen molar-refractivity contribution in [1.29, 1.82) is 0 Å². The first-order valence-corrected chi connectivity index (χ1v) is 8.90. The van der Waals surface area contributed by atoms with Crippen LogP contribution in [0.3, 0.4) is 0 Å². The number of carbonyl (C=O) groups excluding carboxylic acids is 1. The van der Waals surface area contributed by atoms with Gasteiger partial charge in [-0.2, -0.15) is 0 Å². The molecule has 2 N–H and O–H groups in total. The summed E-state index contributed by atoms with van der Waals surface area (Å²) in [6.07, 6.45) is 3.35. The fourth-order valence-electron chi connectivity index (χ4n) is 2.95. The molecule has 2 heterocycles. The average molecular weight is 354 g/mol. The summed E-state index contributed by atoms with van der Waals surface area (Å²) in [4.78, 5) is 24.7. The number of urea groups is 1. The van der Waals surface area contributed by atoms with Crippen molar-refractivity contribution < 1.29 is 4.79 Å². The van der Waals surface area contributed by atoms with Crippen LogP contribution in [0.1, 0.15) is 18.4 Å². The molecular weight excluding hydrogens is 328 g/mol. The van der Waals surface area contributed by atoms with Crippen LogP contribution in [0.2, 0.25) is 0 Å². The number of likely N-dealkylation sites (tertiary alicyclic amines) is 1. The van der Waals surface area contributed by atoms with Crippen molar-refractivity contribution in [2.75, 3.05) is 42.7 Å². The molecule has 7 heteroatoms. The fourth-order valence-corrected chi connectivity index (χ4v) is 2.95. The maximum atomic E-state index is 12.4. The Bertz CT molecular complexity index is 738. The van der Waals surface area contributed by atoms with Crippen LogP contribution in [0.25, 0.3) is 0 Å². The van der Waals surface area contributed by atoms with Crippen molar-refractivity contribution in [2.45, 2.75) is 25.8 Å². The van der Waals surface area contributed by atoms with Crippen molar-refractivity contribution in [3.63, 3.8) is 0 Å². The number of hydrogen-bond acceptors (Lipinski definition) is 5. The zero-order chi connectivity index (χ0) is 18.5. The number of amides is 2. The highest BCUT2D eigenvalue weighted by Gasteiger charge is 2.23. The third-order valence-corrected chi connectivity index (χ3v) is 4.55. The summed E-state index contributed by atoms with van der Waals surface area (Å²) in [5, 5.41) is 6.42. The number of piperidine rings is 1. The van der Waals surface area contributed by atoms with E-state index in [-0.39, 0.29) is 6.03 Å². The van der Waals surface area contributed by atoms with E-state index in [4.69, 9.17) is 0 Å². The molecule has 1 aromatic heterocycles. The summed E-state index contributed by atoms with van der Waals surface area (Å²) in [5.74, 6) is 1.70. The Morgan fingerprint density at radius 1 is 1.15 bits per heavy atom. The van der Waals surface area contributed by atoms with E-state index in [0.29, 0.717) is 6.04 Å². The molecule has 138 valence electrons. The topological polar surface area (TPSA) is 73.4 Å². The number of carbonyl (C=O) groups is 1. The molecule has 1 aromatic carbocycles. The van der Waals surface area contributed by atoms with Gasteiger partial charge in [-0.25, -0.2) is 14.8 Å². The van der Waals surface area contributed by atoms with Crippen LogP contribution in [-0.4, -0.2) is 54.1 Å². The molecule has 0 bridgehead atoms. The van der Waals surface area contributed by atoms with Gasteiger partial charge < -0.3 is 20.4 Å². The minimum Gasteiger partial charge on any atom is -0.367 e. The van der Waals surface area contributed by atoms with Gasteiger partial charge in [0.15, 0.2) is 0 Å². The first-order chi connectivity index (χ1) is 12.5. The number of aromatic nitrogens is 2. The van der Waals surface area contributed by atoms with Crippen molar-refractivity contribution in [3.05, 3.63) is 42.2 Å². The highest BCUT2D eigenvalue weighted by molar-refractivity contribution is 5.89. The quantitative estimate of drug-likeness (QED) is 0.883. The molecule has 2 aromatic rings. The number of aryl methyl sites for hydroxylation is 1. The van der Waals surface area contributed by atoms with Crippen LogP contribution in [0.5, 0.6) is 0 Å². The van der Waals surface area contributed by atoms with Crippen LogP contribution < -0.4 is 15.5 Å². The van der Waals surface area contributed by atoms with E-state index in [1.807, 2.05) is 61.2 Å². The summed E-state index contributed by atoms with van der Waals surface area (Å²) in [6, 6.07) is 10.1. The van der Waals surface area contributed by atoms with Gasteiger partial charge in [-0.3, -0.25) is 0 Å². The normalized spacial score (nSPS) is 14.8. The number of benzene rings is 1. The Labute approximate surface area is 154 Å². The molecule has 1 saturated heterocycles. The van der Waals surface area contributed by atoms with E-state index in [0.717, 1.165) is 43.3 Å². The van der Waals surface area contributed by atoms with Gasteiger partial charge >= 0.3 is 6.03 Å². The molecule has 0 spiro atoms. The lowest BCUT2D eigenvalue weighted by molar-refractivity contribution is 0.197. The summed E-state index contributed by atoms with van der Waals surface area (Å²) in [5.41, 5.74) is 2.01. The highest BCUT2D eigenvalue weighted by Crippen LogP contribution is 2.18. The van der Waals surface area contributed by atoms with E-state index in [9.17, 15) is 4.79 Å². The summed E-state index contributed by atoms with van der Waals surface area (Å²) in [7, 11) is 3.91. The molecule has 0 unspecified atom stereocenters. The lowest BCUT2D eigenvalue weighted by Crippen LogP contribution is -2.44. The Morgan fingerprint density at radius 3 is 2.50 bits per heavy atom. The summed E-state index contributed by atoms with van der Waals surface area (Å²) < 4.78 is 0. The first kappa shape index (κ1) is 18.0. The van der Waals surface area contributed by atoms with Gasteiger partial charge in [-0.05, 0) is 31.9 Å². The maximum absolute atomic E-state index is 12.4. The van der Waals surface area contributed by atoms with Crippen molar-refractivity contribution in [1.82, 2.24) is 14.9 Å². The van der Waals surface area contributed by atoms with E-state index >= 15 is 0 Å². The lowest BCUT2D eigenvalue weighted by Gasteiger charge is -2.32. The lowest BCUT2D eigenvalue weighted by atomic mass is 10.1. The predicted octanol–water partition coefficient (Wildman–Crippen LogP) is 2.96. The highest BCUT2D eigenvalue weighted by atomic mass is 16.2. The van der Waals surface area contributed by atoms with Crippen molar-refractivity contribution in [2.24, 2.45) is 0 Å². The minimum atomic E-state index is -0.0377. The average Bonchev–Trinajstić information content (AvgIpc) is 2.64. The smallest absolute Gasteiger partial charge is 0.321 e. The number of rotatable bonds is 4. The summed E-state index contributed by atoms with van der Waals surface area (Å²) in [6.45, 7) is 3.48. The van der Waals surface area contributed by atoms with Gasteiger partial charge in [-0.15, -0.1) is 0 Å². The SMILES string of the molecule is Cc1ccc(NC(=O)N2CCC(Nc3cc(N(C)C)ncn3)CC2)cc1. The Hall–Kier alpha value is -2.83. The molecule has 1 aliphatic heterocycles. The zero-order valence-corrected chi connectivity index (χ0v) is 15.6. The second-order valence-corrected chi connectivity index (χ2v) is 6.86. The minimum absolute atomic E-state index is 0.0377. The molecule has 26 heavy (non-hydrogen) atoms. The number of hydrogen-bond donors (Lipinski definition) is 2. The van der Waals surface area contributed by atoms with Gasteiger partial charge in [0.05, 0.1) is 0 Å². The Kier molecular flexibility index (Phi) is 5.55. The maximum Gasteiger partial charge on any atom is 0.321 e. The second-order valence-electron chi connectivity index (χ2n) is 6.86. The van der Waals surface area contributed by atoms with Gasteiger partial charge in [0, 0.05) is 45.0 Å². The van der Waals surface area contributed by atoms with Crippen molar-refractivity contribution in [3.8, 4) is 0 Å². The molecular formula is C19H26N6O. The van der Waals surface area contributed by atoms with Crippen LogP contribution in [0.15, 0.2) is 36.7 Å². The van der Waals surface area contributed by atoms with Gasteiger partial charge in [0.25, 0.3) is 0 Å². The van der Waals surface area contributed by atoms with Crippen LogP contribution in [-0.2, 0) is 0 Å². The molecule has 1 aliphatic rings. The van der Waals surface area contributed by atoms with E-state index in [1.165, 1.54) is 5.56 Å². The van der Waals surface area contributed by atoms with Crippen LogP contribution >= 0.6 is 0 Å². The molecule has 1 fully saturated rings. The first-order valence-electron chi connectivity index (χ1n) is 8.90. The van der Waals surface area contributed by atoms with Gasteiger partial charge in [0.2, 0.25) is 0 Å². The largest absolute Gasteiger partial charge is 0.367 e. The molecule has 0 aliphatic carbocycles. The van der Waals surface area contributed by atoms with E-state index < -0.39 is 0 Å². The van der Waals surface area contributed by atoms with Crippen molar-refractivity contribution >= 4 is 23.4 Å². The Morgan fingerprint density at radius 2 is 1.85 bits per heavy atom. The third-order valence-electron chi connectivity index (χ3n) is 4.55. The zero-order valence-electron chi connectivity index (χ0n) is 15.6. The van der Waals surface area contributed by atoms with E-state index in [1.54, 1.807) is 6.33 Å². The monoisotopic (exact) mass is 354 g/mol. The van der Waals surface area contributed by atoms with Crippen LogP contribution in [0, 0.1) is 6.92 Å². The molecule has 0 saturated carbocycles. The van der Waals surface area contributed by atoms with Gasteiger partial charge in [-0.1, -0.05) is 17.7 Å². The van der Waals surface area contributed by atoms with E-state index in [2.05, 4.69) is 20.6 Å². The molecule has 3 rings (SSSR count). The standard InChI is InChI=1S/C19H26N6O/c1-14-4-6-15(7-5-14)23-19(26)25-10-8-16(9-11-25)22-17-12-18(24(2)3)21-13-20-17/h4-7,12-13,16H,8-11H2,1-3H3,(H,23,26)(H,20,21,22). The number of anilines is 3. The Balaban J connectivity index is 1.50.